The summed E-state index contributed by atoms with van der Waals surface area (Å²) in [5.41, 5.74) is 1.37. The number of hydrogen-bond acceptors (Lipinski definition) is 4. The third kappa shape index (κ3) is 1.86. The van der Waals surface area contributed by atoms with Crippen LogP contribution in [0.3, 0.4) is 0 Å². The van der Waals surface area contributed by atoms with Gasteiger partial charge in [0.2, 0.25) is 0 Å². The largest absolute Gasteiger partial charge is 0.394 e. The molecule has 0 aliphatic carbocycles. The molecule has 1 fully saturated rings. The molecule has 0 aromatic carbocycles. The van der Waals surface area contributed by atoms with Gasteiger partial charge < -0.3 is 10.0 Å². The van der Waals surface area contributed by atoms with Crippen LogP contribution in [-0.2, 0) is 0 Å². The van der Waals surface area contributed by atoms with Crippen molar-refractivity contribution in [3.05, 3.63) is 23.4 Å². The molecule has 1 saturated heterocycles. The fourth-order valence-corrected chi connectivity index (χ4v) is 2.12. The van der Waals surface area contributed by atoms with Crippen molar-refractivity contribution >= 4 is 5.82 Å². The fraction of sp³-hybridized carbons (Fsp3) is 0.500. The SMILES string of the molecule is Cc1ccc(N2CCC[C@@H]2CO)nc1C#N. The molecule has 4 nitrogen and oxygen atoms in total. The molecule has 0 bridgehead atoms. The number of anilines is 1. The highest BCUT2D eigenvalue weighted by Gasteiger charge is 2.25. The zero-order valence-corrected chi connectivity index (χ0v) is 9.35. The number of hydrogen-bond donors (Lipinski definition) is 1. The Morgan fingerprint density at radius 1 is 1.62 bits per heavy atom. The van der Waals surface area contributed by atoms with E-state index in [1.54, 1.807) is 0 Å². The summed E-state index contributed by atoms with van der Waals surface area (Å²) in [4.78, 5) is 6.41. The van der Waals surface area contributed by atoms with Crippen molar-refractivity contribution in [3.8, 4) is 6.07 Å². The lowest BCUT2D eigenvalue weighted by atomic mass is 10.2. The fourth-order valence-electron chi connectivity index (χ4n) is 2.12. The minimum Gasteiger partial charge on any atom is -0.394 e. The summed E-state index contributed by atoms with van der Waals surface area (Å²) < 4.78 is 0. The van der Waals surface area contributed by atoms with Crippen LogP contribution in [0.1, 0.15) is 24.1 Å². The van der Waals surface area contributed by atoms with E-state index < -0.39 is 0 Å². The molecular weight excluding hydrogens is 202 g/mol. The number of aryl methyl sites for hydroxylation is 1. The molecule has 84 valence electrons. The van der Waals surface area contributed by atoms with E-state index in [4.69, 9.17) is 5.26 Å². The Morgan fingerprint density at radius 3 is 3.12 bits per heavy atom. The van der Waals surface area contributed by atoms with E-state index >= 15 is 0 Å². The van der Waals surface area contributed by atoms with Crippen LogP contribution in [0.15, 0.2) is 12.1 Å². The van der Waals surface area contributed by atoms with Crippen LogP contribution in [0.5, 0.6) is 0 Å². The first-order valence-electron chi connectivity index (χ1n) is 5.51. The highest BCUT2D eigenvalue weighted by Crippen LogP contribution is 2.24. The van der Waals surface area contributed by atoms with Crippen molar-refractivity contribution in [1.29, 1.82) is 5.26 Å². The Kier molecular flexibility index (Phi) is 3.07. The van der Waals surface area contributed by atoms with Gasteiger partial charge in [-0.15, -0.1) is 0 Å². The first-order valence-corrected chi connectivity index (χ1v) is 5.51. The molecule has 2 heterocycles. The maximum Gasteiger partial charge on any atom is 0.145 e. The molecule has 16 heavy (non-hydrogen) atoms. The second-order valence-electron chi connectivity index (χ2n) is 4.12. The number of rotatable bonds is 2. The van der Waals surface area contributed by atoms with Gasteiger partial charge in [-0.25, -0.2) is 4.98 Å². The van der Waals surface area contributed by atoms with Crippen LogP contribution in [-0.4, -0.2) is 29.3 Å². The lowest BCUT2D eigenvalue weighted by Gasteiger charge is -2.24. The number of nitriles is 1. The Bertz CT molecular complexity index is 425. The zero-order valence-electron chi connectivity index (χ0n) is 9.35. The molecule has 1 aromatic rings. The molecule has 0 saturated carbocycles. The monoisotopic (exact) mass is 217 g/mol. The predicted molar refractivity (Wildman–Crippen MR) is 61.1 cm³/mol. The summed E-state index contributed by atoms with van der Waals surface area (Å²) >= 11 is 0. The van der Waals surface area contributed by atoms with Crippen molar-refractivity contribution in [2.24, 2.45) is 0 Å². The van der Waals surface area contributed by atoms with Gasteiger partial charge >= 0.3 is 0 Å². The predicted octanol–water partition coefficient (Wildman–Crippen LogP) is 1.22. The average molecular weight is 217 g/mol. The molecule has 1 aliphatic heterocycles. The van der Waals surface area contributed by atoms with Gasteiger partial charge in [0.05, 0.1) is 12.6 Å². The standard InChI is InChI=1S/C12H15N3O/c1-9-4-5-12(14-11(9)7-13)15-6-2-3-10(15)8-16/h4-5,10,16H,2-3,6,8H2,1H3/t10-/m1/s1. The van der Waals surface area contributed by atoms with Crippen LogP contribution in [0, 0.1) is 18.3 Å². The number of aliphatic hydroxyl groups is 1. The number of aliphatic hydroxyl groups excluding tert-OH is 1. The summed E-state index contributed by atoms with van der Waals surface area (Å²) in [6.45, 7) is 2.94. The average Bonchev–Trinajstić information content (AvgIpc) is 2.78. The van der Waals surface area contributed by atoms with E-state index in [0.717, 1.165) is 30.8 Å². The summed E-state index contributed by atoms with van der Waals surface area (Å²) in [6, 6.07) is 6.08. The zero-order chi connectivity index (χ0) is 11.5. The van der Waals surface area contributed by atoms with Gasteiger partial charge in [0.1, 0.15) is 17.6 Å². The second kappa shape index (κ2) is 4.50. The Hall–Kier alpha value is -1.60. The summed E-state index contributed by atoms with van der Waals surface area (Å²) in [7, 11) is 0. The van der Waals surface area contributed by atoms with Gasteiger partial charge in [-0.2, -0.15) is 5.26 Å². The Morgan fingerprint density at radius 2 is 2.44 bits per heavy atom. The maximum atomic E-state index is 9.24. The van der Waals surface area contributed by atoms with Crippen LogP contribution >= 0.6 is 0 Å². The van der Waals surface area contributed by atoms with Crippen molar-refractivity contribution in [2.75, 3.05) is 18.1 Å². The van der Waals surface area contributed by atoms with Gasteiger partial charge in [0.15, 0.2) is 0 Å². The topological polar surface area (TPSA) is 60.1 Å². The van der Waals surface area contributed by atoms with Crippen LogP contribution < -0.4 is 4.90 Å². The molecule has 4 heteroatoms. The van der Waals surface area contributed by atoms with Gasteiger partial charge in [-0.05, 0) is 31.4 Å². The van der Waals surface area contributed by atoms with Crippen LogP contribution in [0.4, 0.5) is 5.82 Å². The summed E-state index contributed by atoms with van der Waals surface area (Å²) in [5, 5.41) is 18.2. The Balaban J connectivity index is 2.30. The van der Waals surface area contributed by atoms with Gasteiger partial charge in [0, 0.05) is 6.54 Å². The maximum absolute atomic E-state index is 9.24. The number of aromatic nitrogens is 1. The molecule has 0 radical (unpaired) electrons. The normalized spacial score (nSPS) is 19.8. The minimum atomic E-state index is 0.150. The molecule has 1 aliphatic rings. The second-order valence-corrected chi connectivity index (χ2v) is 4.12. The molecule has 1 N–H and O–H groups in total. The third-order valence-corrected chi connectivity index (χ3v) is 3.07. The van der Waals surface area contributed by atoms with Crippen LogP contribution in [0.2, 0.25) is 0 Å². The molecule has 0 amide bonds. The van der Waals surface area contributed by atoms with E-state index in [9.17, 15) is 5.11 Å². The highest BCUT2D eigenvalue weighted by molar-refractivity contribution is 5.46. The van der Waals surface area contributed by atoms with Crippen molar-refractivity contribution in [3.63, 3.8) is 0 Å². The van der Waals surface area contributed by atoms with Gasteiger partial charge in [-0.1, -0.05) is 6.07 Å². The lowest BCUT2D eigenvalue weighted by Crippen LogP contribution is -2.32. The molecule has 0 unspecified atom stereocenters. The highest BCUT2D eigenvalue weighted by atomic mass is 16.3. The third-order valence-electron chi connectivity index (χ3n) is 3.07. The van der Waals surface area contributed by atoms with Gasteiger partial charge in [-0.3, -0.25) is 0 Å². The van der Waals surface area contributed by atoms with E-state index in [0.29, 0.717) is 5.69 Å². The molecule has 0 spiro atoms. The quantitative estimate of drug-likeness (QED) is 0.809. The molecule has 1 aromatic heterocycles. The smallest absolute Gasteiger partial charge is 0.145 e. The first kappa shape index (κ1) is 10.9. The minimum absolute atomic E-state index is 0.150. The number of nitrogens with zero attached hydrogens (tertiary/aromatic N) is 3. The lowest BCUT2D eigenvalue weighted by molar-refractivity contribution is 0.266. The van der Waals surface area contributed by atoms with E-state index in [2.05, 4.69) is 16.0 Å². The van der Waals surface area contributed by atoms with E-state index in [-0.39, 0.29) is 12.6 Å². The van der Waals surface area contributed by atoms with Gasteiger partial charge in [0.25, 0.3) is 0 Å². The Labute approximate surface area is 95.1 Å². The summed E-state index contributed by atoms with van der Waals surface area (Å²) in [5.74, 6) is 0.804. The molecule has 2 rings (SSSR count). The van der Waals surface area contributed by atoms with E-state index in [1.165, 1.54) is 0 Å². The molecule has 1 atom stereocenters. The molecular formula is C12H15N3O. The van der Waals surface area contributed by atoms with Crippen molar-refractivity contribution < 1.29 is 5.11 Å². The number of pyridine rings is 1. The van der Waals surface area contributed by atoms with E-state index in [1.807, 2.05) is 19.1 Å². The first-order chi connectivity index (χ1) is 7.76. The summed E-state index contributed by atoms with van der Waals surface area (Å²) in [6.07, 6.45) is 2.07. The van der Waals surface area contributed by atoms with Crippen molar-refractivity contribution in [1.82, 2.24) is 4.98 Å². The van der Waals surface area contributed by atoms with Crippen LogP contribution in [0.25, 0.3) is 0 Å². The van der Waals surface area contributed by atoms with Crippen molar-refractivity contribution in [2.45, 2.75) is 25.8 Å².